The van der Waals surface area contributed by atoms with Crippen molar-refractivity contribution >= 4 is 0 Å². The highest BCUT2D eigenvalue weighted by Crippen LogP contribution is 2.37. The smallest absolute Gasteiger partial charge is 0.0406 e. The van der Waals surface area contributed by atoms with Gasteiger partial charge in [-0.05, 0) is 43.4 Å². The number of rotatable bonds is 23. The highest BCUT2D eigenvalue weighted by atomic mass is 14.7. The Morgan fingerprint density at radius 2 is 1.17 bits per heavy atom. The van der Waals surface area contributed by atoms with Gasteiger partial charge < -0.3 is 0 Å². The molecule has 36 heavy (non-hydrogen) atoms. The molecular formula is C35H59N. The second kappa shape index (κ2) is 20.7. The third-order valence-corrected chi connectivity index (χ3v) is 8.30. The van der Waals surface area contributed by atoms with Gasteiger partial charge in [0.05, 0.1) is 0 Å². The van der Waals surface area contributed by atoms with Gasteiger partial charge in [0.2, 0.25) is 0 Å². The lowest BCUT2D eigenvalue weighted by Crippen LogP contribution is -2.24. The van der Waals surface area contributed by atoms with Crippen LogP contribution < -0.4 is 0 Å². The Bertz CT molecular complexity index is 702. The summed E-state index contributed by atoms with van der Waals surface area (Å²) < 4.78 is 0. The Balaban J connectivity index is 1.46. The molecule has 1 unspecified atom stereocenters. The topological polar surface area (TPSA) is 12.9 Å². The molecule has 0 spiro atoms. The first-order chi connectivity index (χ1) is 17.8. The van der Waals surface area contributed by atoms with E-state index in [-0.39, 0.29) is 5.41 Å². The lowest BCUT2D eigenvalue weighted by molar-refractivity contribution is 0.468. The summed E-state index contributed by atoms with van der Waals surface area (Å²) in [7, 11) is 0. The van der Waals surface area contributed by atoms with Gasteiger partial charge >= 0.3 is 0 Å². The zero-order valence-electron chi connectivity index (χ0n) is 24.3. The summed E-state index contributed by atoms with van der Waals surface area (Å²) >= 11 is 0. The maximum absolute atomic E-state index is 4.72. The first-order valence-corrected chi connectivity index (χ1v) is 16.1. The third-order valence-electron chi connectivity index (χ3n) is 8.30. The summed E-state index contributed by atoms with van der Waals surface area (Å²) in [6, 6.07) is 4.67. The zero-order chi connectivity index (χ0) is 25.6. The molecule has 2 rings (SSSR count). The average molecular weight is 494 g/mol. The van der Waals surface area contributed by atoms with Crippen molar-refractivity contribution in [2.24, 2.45) is 0 Å². The molecule has 0 saturated carbocycles. The summed E-state index contributed by atoms with van der Waals surface area (Å²) in [6.45, 7) is 4.60. The highest BCUT2D eigenvalue weighted by Gasteiger charge is 2.28. The number of aromatic nitrogens is 1. The van der Waals surface area contributed by atoms with Gasteiger partial charge in [0, 0.05) is 17.3 Å². The Labute approximate surface area is 225 Å². The van der Waals surface area contributed by atoms with Crippen LogP contribution in [0.3, 0.4) is 0 Å². The predicted molar refractivity (Wildman–Crippen MR) is 161 cm³/mol. The molecule has 1 heteroatoms. The molecule has 1 heterocycles. The van der Waals surface area contributed by atoms with Crippen LogP contribution in [0, 0.1) is 0 Å². The molecule has 0 fully saturated rings. The summed E-state index contributed by atoms with van der Waals surface area (Å²) in [5.41, 5.74) is 2.96. The van der Waals surface area contributed by atoms with Crippen LogP contribution >= 0.6 is 0 Å². The normalized spacial score (nSPS) is 17.2. The van der Waals surface area contributed by atoms with E-state index in [1.165, 1.54) is 146 Å². The Hall–Kier alpha value is -1.37. The molecule has 0 amide bonds. The molecule has 0 aliphatic heterocycles. The standard InChI is InChI=1S/C35H59N/c1-3-5-7-8-9-10-11-12-13-14-15-16-17-18-19-20-21-23-26-34-32-33(27-31-36-34)35(28-6-4-2)29-24-22-25-30-35/h22,24-25,27,29,31-32H,3-21,23,26,28,30H2,1-2H3. The van der Waals surface area contributed by atoms with Crippen molar-refractivity contribution in [2.75, 3.05) is 0 Å². The fourth-order valence-electron chi connectivity index (χ4n) is 5.83. The van der Waals surface area contributed by atoms with Crippen LogP contribution in [0.5, 0.6) is 0 Å². The zero-order valence-corrected chi connectivity index (χ0v) is 24.3. The van der Waals surface area contributed by atoms with Gasteiger partial charge in [0.25, 0.3) is 0 Å². The maximum Gasteiger partial charge on any atom is 0.0406 e. The minimum Gasteiger partial charge on any atom is -0.261 e. The van der Waals surface area contributed by atoms with Crippen LogP contribution in [0.1, 0.15) is 166 Å². The van der Waals surface area contributed by atoms with Gasteiger partial charge in [-0.15, -0.1) is 0 Å². The van der Waals surface area contributed by atoms with Crippen molar-refractivity contribution in [2.45, 2.75) is 167 Å². The molecular weight excluding hydrogens is 434 g/mol. The number of nitrogens with zero attached hydrogens (tertiary/aromatic N) is 1. The van der Waals surface area contributed by atoms with Gasteiger partial charge in [0.1, 0.15) is 0 Å². The lowest BCUT2D eigenvalue weighted by Gasteiger charge is -2.32. The quantitative estimate of drug-likeness (QED) is 0.138. The summed E-state index contributed by atoms with van der Waals surface area (Å²) in [5, 5.41) is 0. The van der Waals surface area contributed by atoms with Crippen molar-refractivity contribution in [3.63, 3.8) is 0 Å². The van der Waals surface area contributed by atoms with E-state index in [9.17, 15) is 0 Å². The first kappa shape index (κ1) is 30.9. The number of aryl methyl sites for hydroxylation is 1. The summed E-state index contributed by atoms with van der Waals surface area (Å²) in [6.07, 6.45) is 43.1. The van der Waals surface area contributed by atoms with Crippen LogP contribution in [0.15, 0.2) is 42.6 Å². The minimum absolute atomic E-state index is 0.191. The van der Waals surface area contributed by atoms with E-state index in [1.54, 1.807) is 0 Å². The van der Waals surface area contributed by atoms with E-state index in [0.29, 0.717) is 0 Å². The van der Waals surface area contributed by atoms with Crippen LogP contribution in [-0.2, 0) is 11.8 Å². The number of allylic oxidation sites excluding steroid dienone is 4. The molecule has 1 atom stereocenters. The Kier molecular flexibility index (Phi) is 17.7. The van der Waals surface area contributed by atoms with Crippen LogP contribution in [0.25, 0.3) is 0 Å². The summed E-state index contributed by atoms with van der Waals surface area (Å²) in [5.74, 6) is 0. The largest absolute Gasteiger partial charge is 0.261 e. The second-order valence-electron chi connectivity index (χ2n) is 11.5. The first-order valence-electron chi connectivity index (χ1n) is 16.1. The molecule has 0 radical (unpaired) electrons. The van der Waals surface area contributed by atoms with Crippen LogP contribution in [0.2, 0.25) is 0 Å². The Morgan fingerprint density at radius 3 is 1.67 bits per heavy atom. The minimum atomic E-state index is 0.191. The second-order valence-corrected chi connectivity index (χ2v) is 11.5. The van der Waals surface area contributed by atoms with Gasteiger partial charge in [-0.1, -0.05) is 160 Å². The van der Waals surface area contributed by atoms with Crippen LogP contribution in [0.4, 0.5) is 0 Å². The fourth-order valence-corrected chi connectivity index (χ4v) is 5.83. The van der Waals surface area contributed by atoms with Crippen molar-refractivity contribution in [1.82, 2.24) is 4.98 Å². The van der Waals surface area contributed by atoms with Crippen molar-refractivity contribution in [3.05, 3.63) is 53.9 Å². The molecule has 0 saturated heterocycles. The SMILES string of the molecule is CCCCCCCCCCCCCCCCCCCCc1cc(C2(CCCC)C=CC=CC2)ccn1. The van der Waals surface area contributed by atoms with Gasteiger partial charge in [-0.2, -0.15) is 0 Å². The van der Waals surface area contributed by atoms with Gasteiger partial charge in [-0.3, -0.25) is 4.98 Å². The molecule has 0 bridgehead atoms. The van der Waals surface area contributed by atoms with E-state index in [2.05, 4.69) is 56.5 Å². The monoisotopic (exact) mass is 493 g/mol. The molecule has 204 valence electrons. The van der Waals surface area contributed by atoms with E-state index in [1.807, 2.05) is 0 Å². The third kappa shape index (κ3) is 13.3. The number of unbranched alkanes of at least 4 members (excludes halogenated alkanes) is 18. The highest BCUT2D eigenvalue weighted by molar-refractivity contribution is 5.36. The van der Waals surface area contributed by atoms with Crippen molar-refractivity contribution in [1.29, 1.82) is 0 Å². The fraction of sp³-hybridized carbons (Fsp3) is 0.743. The average Bonchev–Trinajstić information content (AvgIpc) is 2.92. The maximum atomic E-state index is 4.72. The molecule has 1 aromatic rings. The van der Waals surface area contributed by atoms with E-state index >= 15 is 0 Å². The van der Waals surface area contributed by atoms with E-state index < -0.39 is 0 Å². The van der Waals surface area contributed by atoms with Crippen molar-refractivity contribution < 1.29 is 0 Å². The molecule has 0 aromatic carbocycles. The molecule has 1 aliphatic carbocycles. The lowest BCUT2D eigenvalue weighted by atomic mass is 9.72. The number of hydrogen-bond acceptors (Lipinski definition) is 1. The van der Waals surface area contributed by atoms with Crippen molar-refractivity contribution in [3.8, 4) is 0 Å². The summed E-state index contributed by atoms with van der Waals surface area (Å²) in [4.78, 5) is 4.72. The van der Waals surface area contributed by atoms with Crippen LogP contribution in [-0.4, -0.2) is 4.98 Å². The van der Waals surface area contributed by atoms with Gasteiger partial charge in [0.15, 0.2) is 0 Å². The van der Waals surface area contributed by atoms with Gasteiger partial charge in [-0.25, -0.2) is 0 Å². The van der Waals surface area contributed by atoms with E-state index in [4.69, 9.17) is 4.98 Å². The predicted octanol–water partition coefficient (Wildman–Crippen LogP) is 11.6. The molecule has 1 aromatic heterocycles. The number of hydrogen-bond donors (Lipinski definition) is 0. The Morgan fingerprint density at radius 1 is 0.639 bits per heavy atom. The molecule has 1 nitrogen and oxygen atoms in total. The number of pyridine rings is 1. The molecule has 1 aliphatic rings. The van der Waals surface area contributed by atoms with E-state index in [0.717, 1.165) is 12.8 Å². The molecule has 0 N–H and O–H groups in total.